The third kappa shape index (κ3) is 4.36. The van der Waals surface area contributed by atoms with Gasteiger partial charge in [-0.3, -0.25) is 4.79 Å². The topological polar surface area (TPSA) is 60.4 Å². The highest BCUT2D eigenvalue weighted by Gasteiger charge is 2.48. The van der Waals surface area contributed by atoms with Crippen molar-refractivity contribution in [2.24, 2.45) is 0 Å². The lowest BCUT2D eigenvalue weighted by Crippen LogP contribution is -2.28. The molecule has 0 saturated carbocycles. The molecular weight excluding hydrogens is 356 g/mol. The summed E-state index contributed by atoms with van der Waals surface area (Å²) < 4.78 is 62.3. The van der Waals surface area contributed by atoms with Gasteiger partial charge in [0.2, 0.25) is 0 Å². The maximum Gasteiger partial charge on any atom is 0.534 e. The van der Waals surface area contributed by atoms with Crippen LogP contribution in [0.2, 0.25) is 10.0 Å². The van der Waals surface area contributed by atoms with Crippen molar-refractivity contribution < 1.29 is 30.6 Å². The Bertz CT molecular complexity index is 696. The van der Waals surface area contributed by atoms with Gasteiger partial charge in [-0.15, -0.1) is 0 Å². The van der Waals surface area contributed by atoms with Gasteiger partial charge in [0.25, 0.3) is 0 Å². The number of hydrogen-bond donors (Lipinski definition) is 0. The van der Waals surface area contributed by atoms with Crippen LogP contribution in [-0.2, 0) is 14.9 Å². The first kappa shape index (κ1) is 17.8. The zero-order valence-electron chi connectivity index (χ0n) is 10.2. The standard InChI is InChI=1S/C11H7Cl2F3O4S/c1-6(17)2-3-7-4-5-8(10(13)9(7)12)20-21(18,19)11(14,15)16/h2-5H,1H3/b3-2+. The number of alkyl halides is 3. The van der Waals surface area contributed by atoms with E-state index in [-0.39, 0.29) is 16.4 Å². The molecule has 0 amide bonds. The summed E-state index contributed by atoms with van der Waals surface area (Å²) >= 11 is 11.4. The molecule has 0 aliphatic rings. The van der Waals surface area contributed by atoms with Gasteiger partial charge in [0.1, 0.15) is 5.02 Å². The Hall–Kier alpha value is -1.25. The molecule has 0 aliphatic heterocycles. The summed E-state index contributed by atoms with van der Waals surface area (Å²) in [7, 11) is -5.84. The Morgan fingerprint density at radius 2 is 1.81 bits per heavy atom. The molecule has 0 heterocycles. The van der Waals surface area contributed by atoms with Crippen molar-refractivity contribution in [3.63, 3.8) is 0 Å². The summed E-state index contributed by atoms with van der Waals surface area (Å²) in [6.45, 7) is 1.28. The van der Waals surface area contributed by atoms with Crippen LogP contribution < -0.4 is 4.18 Å². The van der Waals surface area contributed by atoms with E-state index < -0.39 is 26.4 Å². The summed E-state index contributed by atoms with van der Waals surface area (Å²) in [6.07, 6.45) is 2.43. The molecule has 10 heteroatoms. The van der Waals surface area contributed by atoms with E-state index in [2.05, 4.69) is 4.18 Å². The number of benzene rings is 1. The molecule has 1 aromatic rings. The lowest BCUT2D eigenvalue weighted by Gasteiger charge is -2.12. The number of halogens is 5. The number of hydrogen-bond acceptors (Lipinski definition) is 4. The van der Waals surface area contributed by atoms with E-state index in [1.54, 1.807) is 0 Å². The molecule has 4 nitrogen and oxygen atoms in total. The summed E-state index contributed by atoms with van der Waals surface area (Å²) in [5, 5.41) is -0.765. The van der Waals surface area contributed by atoms with Crippen LogP contribution in [0.15, 0.2) is 18.2 Å². The Kier molecular flexibility index (Phi) is 5.30. The minimum Gasteiger partial charge on any atom is -0.374 e. The van der Waals surface area contributed by atoms with Crippen molar-refractivity contribution in [1.82, 2.24) is 0 Å². The second-order valence-corrected chi connectivity index (χ2v) is 6.00. The van der Waals surface area contributed by atoms with Crippen LogP contribution >= 0.6 is 23.2 Å². The average Bonchev–Trinajstić information content (AvgIpc) is 2.32. The second kappa shape index (κ2) is 6.25. The first-order valence-electron chi connectivity index (χ1n) is 5.13. The highest BCUT2D eigenvalue weighted by atomic mass is 35.5. The van der Waals surface area contributed by atoms with E-state index in [0.29, 0.717) is 0 Å². The van der Waals surface area contributed by atoms with Gasteiger partial charge in [0.15, 0.2) is 11.5 Å². The van der Waals surface area contributed by atoms with Gasteiger partial charge in [-0.05, 0) is 36.8 Å². The Morgan fingerprint density at radius 1 is 1.24 bits per heavy atom. The van der Waals surface area contributed by atoms with Gasteiger partial charge in [-0.2, -0.15) is 21.6 Å². The molecule has 1 aromatic carbocycles. The number of rotatable bonds is 4. The molecule has 116 valence electrons. The highest BCUT2D eigenvalue weighted by Crippen LogP contribution is 2.37. The third-order valence-corrected chi connectivity index (χ3v) is 3.90. The molecule has 21 heavy (non-hydrogen) atoms. The van der Waals surface area contributed by atoms with E-state index in [0.717, 1.165) is 18.2 Å². The van der Waals surface area contributed by atoms with Gasteiger partial charge in [0, 0.05) is 0 Å². The van der Waals surface area contributed by atoms with Crippen LogP contribution in [0.4, 0.5) is 13.2 Å². The van der Waals surface area contributed by atoms with E-state index in [1.165, 1.54) is 13.0 Å². The molecule has 1 rings (SSSR count). The van der Waals surface area contributed by atoms with Crippen LogP contribution in [0.5, 0.6) is 5.75 Å². The number of carbonyl (C=O) groups is 1. The van der Waals surface area contributed by atoms with Crippen molar-refractivity contribution in [1.29, 1.82) is 0 Å². The summed E-state index contributed by atoms with van der Waals surface area (Å²) in [6, 6.07) is 2.06. The zero-order valence-corrected chi connectivity index (χ0v) is 12.6. The molecule has 0 saturated heterocycles. The fraction of sp³-hybridized carbons (Fsp3) is 0.182. The lowest BCUT2D eigenvalue weighted by atomic mass is 10.2. The zero-order chi connectivity index (χ0) is 16.4. The molecule has 0 unspecified atom stereocenters. The number of ketones is 1. The minimum atomic E-state index is -5.84. The van der Waals surface area contributed by atoms with E-state index in [9.17, 15) is 26.4 Å². The van der Waals surface area contributed by atoms with Crippen LogP contribution in [-0.4, -0.2) is 19.7 Å². The molecule has 0 spiro atoms. The van der Waals surface area contributed by atoms with Crippen LogP contribution in [0, 0.1) is 0 Å². The summed E-state index contributed by atoms with van der Waals surface area (Å²) in [5.74, 6) is -1.05. The number of carbonyl (C=O) groups excluding carboxylic acids is 1. The van der Waals surface area contributed by atoms with E-state index in [1.807, 2.05) is 0 Å². The third-order valence-electron chi connectivity index (χ3n) is 2.06. The van der Waals surface area contributed by atoms with Gasteiger partial charge < -0.3 is 4.18 Å². The SMILES string of the molecule is CC(=O)/C=C/c1ccc(OS(=O)(=O)C(F)(F)F)c(Cl)c1Cl. The van der Waals surface area contributed by atoms with Crippen molar-refractivity contribution in [3.05, 3.63) is 33.8 Å². The Balaban J connectivity index is 3.20. The fourth-order valence-electron chi connectivity index (χ4n) is 1.11. The maximum atomic E-state index is 12.2. The normalized spacial score (nSPS) is 12.7. The second-order valence-electron chi connectivity index (χ2n) is 3.71. The average molecular weight is 363 g/mol. The maximum absolute atomic E-state index is 12.2. The molecule has 0 radical (unpaired) electrons. The molecule has 0 N–H and O–H groups in total. The predicted molar refractivity (Wildman–Crippen MR) is 71.8 cm³/mol. The summed E-state index contributed by atoms with van der Waals surface area (Å²) in [5.41, 5.74) is -5.37. The number of allylic oxidation sites excluding steroid dienone is 1. The van der Waals surface area contributed by atoms with Crippen molar-refractivity contribution in [2.45, 2.75) is 12.4 Å². The molecule has 0 atom stereocenters. The molecule has 0 aliphatic carbocycles. The first-order chi connectivity index (χ1) is 9.45. The first-order valence-corrected chi connectivity index (χ1v) is 7.29. The summed E-state index contributed by atoms with van der Waals surface area (Å²) in [4.78, 5) is 10.8. The van der Waals surface area contributed by atoms with Crippen molar-refractivity contribution >= 4 is 45.2 Å². The van der Waals surface area contributed by atoms with Crippen LogP contribution in [0.25, 0.3) is 6.08 Å². The lowest BCUT2D eigenvalue weighted by molar-refractivity contribution is -0.112. The monoisotopic (exact) mass is 362 g/mol. The molecule has 0 fully saturated rings. The van der Waals surface area contributed by atoms with Gasteiger partial charge in [-0.25, -0.2) is 0 Å². The highest BCUT2D eigenvalue weighted by molar-refractivity contribution is 7.88. The van der Waals surface area contributed by atoms with Crippen LogP contribution in [0.1, 0.15) is 12.5 Å². The molecule has 0 bridgehead atoms. The van der Waals surface area contributed by atoms with Gasteiger partial charge in [0.05, 0.1) is 5.02 Å². The van der Waals surface area contributed by atoms with E-state index in [4.69, 9.17) is 23.2 Å². The van der Waals surface area contributed by atoms with Gasteiger partial charge >= 0.3 is 15.6 Å². The van der Waals surface area contributed by atoms with Gasteiger partial charge in [-0.1, -0.05) is 23.2 Å². The largest absolute Gasteiger partial charge is 0.534 e. The van der Waals surface area contributed by atoms with Crippen LogP contribution in [0.3, 0.4) is 0 Å². The molecule has 0 aromatic heterocycles. The molecular formula is C11H7Cl2F3O4S. The van der Waals surface area contributed by atoms with Crippen molar-refractivity contribution in [2.75, 3.05) is 0 Å². The Labute approximate surface area is 128 Å². The van der Waals surface area contributed by atoms with Crippen molar-refractivity contribution in [3.8, 4) is 5.75 Å². The quantitative estimate of drug-likeness (QED) is 0.464. The van der Waals surface area contributed by atoms with E-state index >= 15 is 0 Å². The predicted octanol–water partition coefficient (Wildman–Crippen LogP) is 3.82. The fourth-order valence-corrected chi connectivity index (χ4v) is 2.06. The minimum absolute atomic E-state index is 0.216. The smallest absolute Gasteiger partial charge is 0.374 e. The Morgan fingerprint density at radius 3 is 2.29 bits per heavy atom.